The Morgan fingerprint density at radius 3 is 2.71 bits per heavy atom. The quantitative estimate of drug-likeness (QED) is 0.879. The lowest BCUT2D eigenvalue weighted by atomic mass is 9.97. The lowest BCUT2D eigenvalue weighted by Crippen LogP contribution is -2.24. The van der Waals surface area contributed by atoms with Gasteiger partial charge in [-0.1, -0.05) is 37.6 Å². The molecule has 1 unspecified atom stereocenters. The molecule has 0 aliphatic carbocycles. The summed E-state index contributed by atoms with van der Waals surface area (Å²) in [5.41, 5.74) is 4.81. The molecule has 0 radical (unpaired) electrons. The van der Waals surface area contributed by atoms with Gasteiger partial charge in [0.15, 0.2) is 0 Å². The Morgan fingerprint density at radius 1 is 1.33 bits per heavy atom. The van der Waals surface area contributed by atoms with Crippen LogP contribution in [0.3, 0.4) is 0 Å². The van der Waals surface area contributed by atoms with Crippen molar-refractivity contribution in [1.29, 1.82) is 0 Å². The van der Waals surface area contributed by atoms with Gasteiger partial charge in [-0.2, -0.15) is 5.10 Å². The number of benzene rings is 1. The molecule has 2 rings (SSSR count). The lowest BCUT2D eigenvalue weighted by Gasteiger charge is -2.21. The fraction of sp³-hybridized carbons (Fsp3) is 0.471. The van der Waals surface area contributed by atoms with E-state index in [9.17, 15) is 0 Å². The molecule has 1 heterocycles. The van der Waals surface area contributed by atoms with Crippen LogP contribution in [0.2, 0.25) is 5.02 Å². The SMILES string of the molecule is CCNC(Cc1cc(CC)nn1C)c1cccc(Cl)c1C. The number of halogens is 1. The van der Waals surface area contributed by atoms with E-state index in [1.54, 1.807) is 0 Å². The highest BCUT2D eigenvalue weighted by molar-refractivity contribution is 6.31. The molecule has 0 aliphatic rings. The first-order chi connectivity index (χ1) is 10.1. The van der Waals surface area contributed by atoms with Crippen LogP contribution in [0.5, 0.6) is 0 Å². The fourth-order valence-corrected chi connectivity index (χ4v) is 2.87. The topological polar surface area (TPSA) is 29.9 Å². The number of hydrogen-bond donors (Lipinski definition) is 1. The largest absolute Gasteiger partial charge is 0.310 e. The van der Waals surface area contributed by atoms with Crippen molar-refractivity contribution >= 4 is 11.6 Å². The highest BCUT2D eigenvalue weighted by Gasteiger charge is 2.17. The van der Waals surface area contributed by atoms with Crippen LogP contribution in [0.1, 0.15) is 42.4 Å². The average molecular weight is 306 g/mol. The van der Waals surface area contributed by atoms with Gasteiger partial charge in [-0.3, -0.25) is 4.68 Å². The second-order valence-electron chi connectivity index (χ2n) is 5.37. The van der Waals surface area contributed by atoms with Crippen LogP contribution in [0, 0.1) is 6.92 Å². The third-order valence-corrected chi connectivity index (χ3v) is 4.35. The summed E-state index contributed by atoms with van der Waals surface area (Å²) in [6.45, 7) is 7.28. The summed E-state index contributed by atoms with van der Waals surface area (Å²) in [5.74, 6) is 0. The molecule has 0 aliphatic heterocycles. The molecule has 114 valence electrons. The van der Waals surface area contributed by atoms with Crippen molar-refractivity contribution in [3.8, 4) is 0 Å². The van der Waals surface area contributed by atoms with Gasteiger partial charge in [0.25, 0.3) is 0 Å². The Kier molecular flexibility index (Phi) is 5.43. The van der Waals surface area contributed by atoms with E-state index in [2.05, 4.69) is 43.3 Å². The summed E-state index contributed by atoms with van der Waals surface area (Å²) in [5, 5.41) is 8.94. The smallest absolute Gasteiger partial charge is 0.0624 e. The van der Waals surface area contributed by atoms with Crippen LogP contribution in [0.4, 0.5) is 0 Å². The zero-order chi connectivity index (χ0) is 15.4. The number of nitrogens with one attached hydrogen (secondary N) is 1. The van der Waals surface area contributed by atoms with E-state index in [1.807, 2.05) is 23.9 Å². The maximum absolute atomic E-state index is 6.27. The van der Waals surface area contributed by atoms with Crippen LogP contribution in [0.25, 0.3) is 0 Å². The van der Waals surface area contributed by atoms with Crippen LogP contribution in [-0.4, -0.2) is 16.3 Å². The number of aromatic nitrogens is 2. The zero-order valence-electron chi connectivity index (χ0n) is 13.3. The summed E-state index contributed by atoms with van der Waals surface area (Å²) in [4.78, 5) is 0. The first-order valence-electron chi connectivity index (χ1n) is 7.57. The first-order valence-corrected chi connectivity index (χ1v) is 7.94. The number of nitrogens with zero attached hydrogens (tertiary/aromatic N) is 2. The van der Waals surface area contributed by atoms with Crippen LogP contribution in [-0.2, 0) is 19.9 Å². The highest BCUT2D eigenvalue weighted by atomic mass is 35.5. The fourth-order valence-electron chi connectivity index (χ4n) is 2.68. The summed E-state index contributed by atoms with van der Waals surface area (Å²) in [7, 11) is 2.02. The normalized spacial score (nSPS) is 12.6. The molecule has 2 aromatic rings. The van der Waals surface area contributed by atoms with E-state index < -0.39 is 0 Å². The number of likely N-dealkylation sites (N-methyl/N-ethyl adjacent to an activating group) is 1. The molecule has 4 heteroatoms. The van der Waals surface area contributed by atoms with Gasteiger partial charge in [-0.05, 0) is 43.1 Å². The molecule has 0 fully saturated rings. The number of aryl methyl sites for hydroxylation is 2. The minimum absolute atomic E-state index is 0.258. The molecule has 0 spiro atoms. The van der Waals surface area contributed by atoms with E-state index in [-0.39, 0.29) is 6.04 Å². The average Bonchev–Trinajstić information content (AvgIpc) is 2.82. The molecule has 21 heavy (non-hydrogen) atoms. The molecule has 3 nitrogen and oxygen atoms in total. The monoisotopic (exact) mass is 305 g/mol. The minimum atomic E-state index is 0.258. The third-order valence-electron chi connectivity index (χ3n) is 3.94. The van der Waals surface area contributed by atoms with Crippen molar-refractivity contribution in [3.63, 3.8) is 0 Å². The second kappa shape index (κ2) is 7.10. The number of hydrogen-bond acceptors (Lipinski definition) is 2. The molecule has 1 atom stereocenters. The molecule has 1 aromatic heterocycles. The van der Waals surface area contributed by atoms with Crippen molar-refractivity contribution in [2.24, 2.45) is 7.05 Å². The molecular formula is C17H24ClN3. The maximum atomic E-state index is 6.27. The first kappa shape index (κ1) is 16.1. The van der Waals surface area contributed by atoms with Crippen LogP contribution in [0.15, 0.2) is 24.3 Å². The van der Waals surface area contributed by atoms with Crippen molar-refractivity contribution in [2.75, 3.05) is 6.54 Å². The van der Waals surface area contributed by atoms with E-state index in [0.717, 1.165) is 35.7 Å². The molecule has 0 amide bonds. The van der Waals surface area contributed by atoms with Gasteiger partial charge in [0.1, 0.15) is 0 Å². The Hall–Kier alpha value is -1.32. The molecule has 1 aromatic carbocycles. The predicted molar refractivity (Wildman–Crippen MR) is 88.9 cm³/mol. The van der Waals surface area contributed by atoms with Crippen LogP contribution < -0.4 is 5.32 Å². The zero-order valence-corrected chi connectivity index (χ0v) is 14.0. The predicted octanol–water partition coefficient (Wildman–Crippen LogP) is 3.84. The third kappa shape index (κ3) is 3.66. The Balaban J connectivity index is 2.30. The number of rotatable bonds is 6. The minimum Gasteiger partial charge on any atom is -0.310 e. The van der Waals surface area contributed by atoms with Gasteiger partial charge < -0.3 is 5.32 Å². The second-order valence-corrected chi connectivity index (χ2v) is 5.78. The molecule has 0 saturated heterocycles. The summed E-state index contributed by atoms with van der Waals surface area (Å²) < 4.78 is 1.99. The maximum Gasteiger partial charge on any atom is 0.0624 e. The molecular weight excluding hydrogens is 282 g/mol. The van der Waals surface area contributed by atoms with E-state index >= 15 is 0 Å². The van der Waals surface area contributed by atoms with Gasteiger partial charge in [-0.15, -0.1) is 0 Å². The van der Waals surface area contributed by atoms with E-state index in [0.29, 0.717) is 0 Å². The van der Waals surface area contributed by atoms with Crippen molar-refractivity contribution in [2.45, 2.75) is 39.7 Å². The van der Waals surface area contributed by atoms with Crippen molar-refractivity contribution in [1.82, 2.24) is 15.1 Å². The Bertz CT molecular complexity index is 604. The molecule has 0 bridgehead atoms. The van der Waals surface area contributed by atoms with Gasteiger partial charge in [-0.25, -0.2) is 0 Å². The van der Waals surface area contributed by atoms with Gasteiger partial charge >= 0.3 is 0 Å². The molecule has 1 N–H and O–H groups in total. The summed E-state index contributed by atoms with van der Waals surface area (Å²) >= 11 is 6.27. The van der Waals surface area contributed by atoms with Gasteiger partial charge in [0.05, 0.1) is 5.69 Å². The summed E-state index contributed by atoms with van der Waals surface area (Å²) in [6, 6.07) is 8.59. The van der Waals surface area contributed by atoms with Crippen molar-refractivity contribution in [3.05, 3.63) is 51.8 Å². The Morgan fingerprint density at radius 2 is 2.10 bits per heavy atom. The van der Waals surface area contributed by atoms with E-state index in [1.165, 1.54) is 11.3 Å². The van der Waals surface area contributed by atoms with Crippen molar-refractivity contribution < 1.29 is 0 Å². The van der Waals surface area contributed by atoms with Gasteiger partial charge in [0.2, 0.25) is 0 Å². The highest BCUT2D eigenvalue weighted by Crippen LogP contribution is 2.26. The standard InChI is InChI=1S/C17H24ClN3/c1-5-13-10-14(21(4)20-13)11-17(19-6-2)15-8-7-9-16(18)12(15)3/h7-10,17,19H,5-6,11H2,1-4H3. The Labute approximate surface area is 132 Å². The van der Waals surface area contributed by atoms with E-state index in [4.69, 9.17) is 11.6 Å². The van der Waals surface area contributed by atoms with Gasteiger partial charge in [0, 0.05) is 30.2 Å². The van der Waals surface area contributed by atoms with Crippen LogP contribution >= 0.6 is 11.6 Å². The lowest BCUT2D eigenvalue weighted by molar-refractivity contribution is 0.526. The summed E-state index contributed by atoms with van der Waals surface area (Å²) in [6.07, 6.45) is 1.88. The molecule has 0 saturated carbocycles.